The van der Waals surface area contributed by atoms with Gasteiger partial charge in [-0.25, -0.2) is 4.79 Å². The van der Waals surface area contributed by atoms with E-state index in [0.29, 0.717) is 24.9 Å². The molecule has 4 nitrogen and oxygen atoms in total. The first-order valence-corrected chi connectivity index (χ1v) is 15.3. The average molecular weight is 535 g/mol. The molecule has 0 unspecified atom stereocenters. The van der Waals surface area contributed by atoms with Crippen LogP contribution in [0.3, 0.4) is 0 Å². The van der Waals surface area contributed by atoms with Gasteiger partial charge in [0, 0.05) is 31.4 Å². The highest BCUT2D eigenvalue weighted by atomic mass is 16.6. The monoisotopic (exact) mass is 534 g/mol. The highest BCUT2D eigenvalue weighted by molar-refractivity contribution is 6.04. The van der Waals surface area contributed by atoms with E-state index in [1.54, 1.807) is 0 Å². The first-order chi connectivity index (χ1) is 18.4. The molecule has 216 valence electrons. The van der Waals surface area contributed by atoms with Crippen LogP contribution in [-0.2, 0) is 4.74 Å². The van der Waals surface area contributed by atoms with Gasteiger partial charge in [0.05, 0.1) is 0 Å². The van der Waals surface area contributed by atoms with Crippen molar-refractivity contribution < 1.29 is 9.53 Å². The molecule has 2 saturated carbocycles. The molecule has 3 rings (SSSR count). The van der Waals surface area contributed by atoms with Crippen LogP contribution in [0.4, 0.5) is 4.79 Å². The second-order valence-corrected chi connectivity index (χ2v) is 13.2. The second-order valence-electron chi connectivity index (χ2n) is 13.2. The van der Waals surface area contributed by atoms with Crippen LogP contribution in [0.2, 0.25) is 0 Å². The topological polar surface area (TPSA) is 41.9 Å². The van der Waals surface area contributed by atoms with Crippen LogP contribution < -0.4 is 0 Å². The van der Waals surface area contributed by atoms with Gasteiger partial charge in [0.2, 0.25) is 0 Å². The molecule has 0 radical (unpaired) electrons. The molecule has 0 aromatic rings. The number of carbonyl (C=O) groups is 1. The quantitative estimate of drug-likeness (QED) is 0.241. The summed E-state index contributed by atoms with van der Waals surface area (Å²) in [4.78, 5) is 19.4. The predicted octanol–water partition coefficient (Wildman–Crippen LogP) is 9.41. The van der Waals surface area contributed by atoms with Gasteiger partial charge in [0.15, 0.2) is 0 Å². The largest absolute Gasteiger partial charge is 0.444 e. The van der Waals surface area contributed by atoms with Crippen LogP contribution in [0.1, 0.15) is 106 Å². The lowest BCUT2D eigenvalue weighted by Gasteiger charge is -2.31. The minimum atomic E-state index is -0.486. The molecule has 2 fully saturated rings. The fourth-order valence-electron chi connectivity index (χ4n) is 6.13. The molecule has 1 aliphatic heterocycles. The Morgan fingerprint density at radius 3 is 2.31 bits per heavy atom. The molecule has 1 heterocycles. The summed E-state index contributed by atoms with van der Waals surface area (Å²) in [5.41, 5.74) is 8.41. The summed E-state index contributed by atoms with van der Waals surface area (Å²) in [5, 5.41) is 0. The van der Waals surface area contributed by atoms with Crippen LogP contribution in [0, 0.1) is 17.8 Å². The van der Waals surface area contributed by atoms with Crippen LogP contribution >= 0.6 is 0 Å². The van der Waals surface area contributed by atoms with Crippen molar-refractivity contribution in [2.75, 3.05) is 20.1 Å². The molecule has 1 amide bonds. The fraction of sp³-hybridized carbons (Fsp3) is 0.657. The van der Waals surface area contributed by atoms with Crippen molar-refractivity contribution in [3.63, 3.8) is 0 Å². The Morgan fingerprint density at radius 1 is 1.08 bits per heavy atom. The molecular formula is C35H54N2O2. The van der Waals surface area contributed by atoms with Gasteiger partial charge < -0.3 is 9.64 Å². The summed E-state index contributed by atoms with van der Waals surface area (Å²) in [6.45, 7) is 20.4. The Balaban J connectivity index is 2.02. The molecule has 0 aromatic heterocycles. The van der Waals surface area contributed by atoms with Crippen molar-refractivity contribution in [3.8, 4) is 0 Å². The maximum absolute atomic E-state index is 12.8. The van der Waals surface area contributed by atoms with Crippen molar-refractivity contribution in [2.24, 2.45) is 22.7 Å². The van der Waals surface area contributed by atoms with Crippen LogP contribution in [0.25, 0.3) is 0 Å². The van der Waals surface area contributed by atoms with E-state index in [0.717, 1.165) is 24.1 Å². The molecule has 1 atom stereocenters. The van der Waals surface area contributed by atoms with Gasteiger partial charge in [-0.05, 0) is 115 Å². The number of rotatable bonds is 7. The van der Waals surface area contributed by atoms with E-state index in [9.17, 15) is 4.79 Å². The molecule has 0 spiro atoms. The molecule has 0 aromatic carbocycles. The zero-order chi connectivity index (χ0) is 28.7. The van der Waals surface area contributed by atoms with Gasteiger partial charge in [0.25, 0.3) is 0 Å². The molecular weight excluding hydrogens is 480 g/mol. The zero-order valence-electron chi connectivity index (χ0n) is 26.2. The van der Waals surface area contributed by atoms with E-state index in [1.165, 1.54) is 72.8 Å². The summed E-state index contributed by atoms with van der Waals surface area (Å²) in [6, 6.07) is 0. The highest BCUT2D eigenvalue weighted by Crippen LogP contribution is 2.44. The van der Waals surface area contributed by atoms with Gasteiger partial charge >= 0.3 is 6.09 Å². The number of aliphatic imine (C=N–C) groups is 1. The number of hydrogen-bond acceptors (Lipinski definition) is 3. The Bertz CT molecular complexity index is 1050. The van der Waals surface area contributed by atoms with Gasteiger partial charge in [-0.3, -0.25) is 4.99 Å². The van der Waals surface area contributed by atoms with E-state index in [1.807, 2.05) is 32.7 Å². The lowest BCUT2D eigenvalue weighted by atomic mass is 9.82. The molecule has 2 aliphatic carbocycles. The van der Waals surface area contributed by atoms with Gasteiger partial charge in [0.1, 0.15) is 5.60 Å². The molecule has 0 bridgehead atoms. The van der Waals surface area contributed by atoms with Gasteiger partial charge in [-0.1, -0.05) is 62.1 Å². The number of hydrogen-bond donors (Lipinski definition) is 0. The molecule has 3 aliphatic rings. The van der Waals surface area contributed by atoms with Crippen molar-refractivity contribution in [1.29, 1.82) is 0 Å². The standard InChI is InChI=1S/C35H54N2O2/c1-24(2)32(30-16-13-19-37(23-26(4)21-30)34(38)39-35(6,7)8)33(27(5)36-9)31(29-17-18-29)22-25(3)20-28-14-11-10-12-15-28/h20-22,26,28-29H,1,10-19,23H2,2-9H3/b25-20-,30-21-,31-22-,33-32-,36-27?/t26-/m1/s1. The first kappa shape index (κ1) is 31.2. The summed E-state index contributed by atoms with van der Waals surface area (Å²) in [6.07, 6.45) is 18.2. The third-order valence-corrected chi connectivity index (χ3v) is 8.05. The number of nitrogens with zero attached hydrogens (tertiary/aromatic N) is 2. The van der Waals surface area contributed by atoms with Crippen LogP contribution in [0.5, 0.6) is 0 Å². The maximum atomic E-state index is 12.8. The third-order valence-electron chi connectivity index (χ3n) is 8.05. The molecule has 39 heavy (non-hydrogen) atoms. The average Bonchev–Trinajstić information content (AvgIpc) is 3.68. The summed E-state index contributed by atoms with van der Waals surface area (Å²) >= 11 is 0. The van der Waals surface area contributed by atoms with Gasteiger partial charge in [-0.15, -0.1) is 0 Å². The third kappa shape index (κ3) is 9.36. The number of ether oxygens (including phenoxy) is 1. The van der Waals surface area contributed by atoms with E-state index in [-0.39, 0.29) is 12.0 Å². The Labute approximate surface area is 239 Å². The molecule has 0 saturated heterocycles. The summed E-state index contributed by atoms with van der Waals surface area (Å²) in [7, 11) is 1.91. The van der Waals surface area contributed by atoms with Gasteiger partial charge in [-0.2, -0.15) is 0 Å². The van der Waals surface area contributed by atoms with Crippen molar-refractivity contribution in [3.05, 3.63) is 58.2 Å². The minimum absolute atomic E-state index is 0.212. The lowest BCUT2D eigenvalue weighted by Crippen LogP contribution is -2.40. The highest BCUT2D eigenvalue weighted by Gasteiger charge is 2.32. The van der Waals surface area contributed by atoms with E-state index in [4.69, 9.17) is 9.73 Å². The van der Waals surface area contributed by atoms with Crippen LogP contribution in [-0.4, -0.2) is 42.4 Å². The smallest absolute Gasteiger partial charge is 0.410 e. The number of amides is 1. The van der Waals surface area contributed by atoms with Crippen molar-refractivity contribution >= 4 is 11.8 Å². The van der Waals surface area contributed by atoms with E-state index in [2.05, 4.69) is 52.5 Å². The Morgan fingerprint density at radius 2 is 1.74 bits per heavy atom. The second kappa shape index (κ2) is 13.8. The normalized spacial score (nSPS) is 24.8. The lowest BCUT2D eigenvalue weighted by molar-refractivity contribution is 0.0230. The van der Waals surface area contributed by atoms with Crippen LogP contribution in [0.15, 0.2) is 63.2 Å². The molecule has 4 heteroatoms. The Kier molecular flexibility index (Phi) is 11.0. The predicted molar refractivity (Wildman–Crippen MR) is 166 cm³/mol. The number of carbonyl (C=O) groups excluding carboxylic acids is 1. The van der Waals surface area contributed by atoms with E-state index >= 15 is 0 Å². The minimum Gasteiger partial charge on any atom is -0.444 e. The molecule has 0 N–H and O–H groups in total. The first-order valence-electron chi connectivity index (χ1n) is 15.3. The number of allylic oxidation sites excluding steroid dienone is 8. The fourth-order valence-corrected chi connectivity index (χ4v) is 6.13. The Hall–Kier alpha value is -2.36. The maximum Gasteiger partial charge on any atom is 0.410 e. The van der Waals surface area contributed by atoms with Crippen molar-refractivity contribution in [1.82, 2.24) is 4.90 Å². The zero-order valence-corrected chi connectivity index (χ0v) is 26.2. The summed E-state index contributed by atoms with van der Waals surface area (Å²) in [5.74, 6) is 1.52. The van der Waals surface area contributed by atoms with E-state index < -0.39 is 5.60 Å². The SMILES string of the molecule is C=C(C)C(/C1=C\[C@@H](C)CN(C(=O)OC(C)(C)C)CCC1)=C(C(C)=NC)/C(=C\C(C)=C/C1CCCCC1)C1CC1. The summed E-state index contributed by atoms with van der Waals surface area (Å²) < 4.78 is 5.69. The van der Waals surface area contributed by atoms with Crippen molar-refractivity contribution in [2.45, 2.75) is 112 Å².